The first-order valence-electron chi connectivity index (χ1n) is 5.49. The van der Waals surface area contributed by atoms with Crippen LogP contribution in [-0.2, 0) is 6.42 Å². The van der Waals surface area contributed by atoms with E-state index in [0.717, 1.165) is 6.42 Å². The molecule has 0 bridgehead atoms. The Bertz CT molecular complexity index is 268. The molecule has 1 nitrogen and oxygen atoms in total. The van der Waals surface area contributed by atoms with Crippen molar-refractivity contribution in [3.8, 4) is 0 Å². The molecule has 78 valence electrons. The van der Waals surface area contributed by atoms with Crippen LogP contribution in [0.3, 0.4) is 0 Å². The molecule has 1 rings (SSSR count). The van der Waals surface area contributed by atoms with Crippen LogP contribution in [0.5, 0.6) is 0 Å². The summed E-state index contributed by atoms with van der Waals surface area (Å²) in [6.45, 7) is 4.39. The van der Waals surface area contributed by atoms with E-state index in [1.54, 1.807) is 0 Å². The average Bonchev–Trinajstić information content (AvgIpc) is 2.17. The molecule has 1 N–H and O–H groups in total. The first kappa shape index (κ1) is 11.3. The van der Waals surface area contributed by atoms with E-state index < -0.39 is 0 Å². The van der Waals surface area contributed by atoms with Crippen molar-refractivity contribution in [1.29, 1.82) is 0 Å². The van der Waals surface area contributed by atoms with Gasteiger partial charge < -0.3 is 5.32 Å². The molecule has 0 amide bonds. The smallest absolute Gasteiger partial charge is 0.0104 e. The lowest BCUT2D eigenvalue weighted by atomic mass is 10.0. The Balaban J connectivity index is 2.57. The van der Waals surface area contributed by atoms with Gasteiger partial charge in [-0.1, -0.05) is 43.2 Å². The van der Waals surface area contributed by atoms with E-state index in [1.165, 1.54) is 24.0 Å². The van der Waals surface area contributed by atoms with Crippen molar-refractivity contribution in [2.45, 2.75) is 39.2 Å². The van der Waals surface area contributed by atoms with Gasteiger partial charge in [-0.3, -0.25) is 0 Å². The number of likely N-dealkylation sites (N-methyl/N-ethyl adjacent to an activating group) is 1. The molecule has 1 unspecified atom stereocenters. The molecule has 1 atom stereocenters. The summed E-state index contributed by atoms with van der Waals surface area (Å²) >= 11 is 0. The normalized spacial score (nSPS) is 12.8. The number of rotatable bonds is 5. The van der Waals surface area contributed by atoms with Gasteiger partial charge in [-0.05, 0) is 32.4 Å². The van der Waals surface area contributed by atoms with Gasteiger partial charge in [0.2, 0.25) is 0 Å². The summed E-state index contributed by atoms with van der Waals surface area (Å²) in [5.41, 5.74) is 2.80. The highest BCUT2D eigenvalue weighted by Gasteiger charge is 2.05. The standard InChI is InChI=1S/C13H21N/c1-4-6-13(14-3)10-12-8-5-7-11(2)9-12/h5,7-9,13-14H,4,6,10H2,1-3H3. The maximum absolute atomic E-state index is 3.37. The fourth-order valence-corrected chi connectivity index (χ4v) is 1.82. The van der Waals surface area contributed by atoms with Gasteiger partial charge in [0.25, 0.3) is 0 Å². The molecule has 0 radical (unpaired) electrons. The number of hydrogen-bond acceptors (Lipinski definition) is 1. The van der Waals surface area contributed by atoms with E-state index in [-0.39, 0.29) is 0 Å². The zero-order valence-electron chi connectivity index (χ0n) is 9.51. The molecular formula is C13H21N. The van der Waals surface area contributed by atoms with Crippen molar-refractivity contribution in [2.75, 3.05) is 7.05 Å². The van der Waals surface area contributed by atoms with Crippen molar-refractivity contribution in [3.63, 3.8) is 0 Å². The molecule has 0 saturated heterocycles. The Kier molecular flexibility index (Phi) is 4.68. The minimum absolute atomic E-state index is 0.627. The summed E-state index contributed by atoms with van der Waals surface area (Å²) in [5, 5.41) is 3.37. The molecule has 0 aliphatic carbocycles. The fourth-order valence-electron chi connectivity index (χ4n) is 1.82. The summed E-state index contributed by atoms with van der Waals surface area (Å²) in [7, 11) is 2.05. The largest absolute Gasteiger partial charge is 0.317 e. The minimum atomic E-state index is 0.627. The Labute approximate surface area is 87.5 Å². The Hall–Kier alpha value is -0.820. The first-order chi connectivity index (χ1) is 6.76. The van der Waals surface area contributed by atoms with Crippen molar-refractivity contribution >= 4 is 0 Å². The number of aryl methyl sites for hydroxylation is 1. The third kappa shape index (κ3) is 3.51. The quantitative estimate of drug-likeness (QED) is 0.754. The topological polar surface area (TPSA) is 12.0 Å². The zero-order chi connectivity index (χ0) is 10.4. The third-order valence-electron chi connectivity index (χ3n) is 2.61. The number of hydrogen-bond donors (Lipinski definition) is 1. The second kappa shape index (κ2) is 5.82. The molecule has 0 fully saturated rings. The SMILES string of the molecule is CCCC(Cc1cccc(C)c1)NC. The van der Waals surface area contributed by atoms with E-state index in [2.05, 4.69) is 50.5 Å². The van der Waals surface area contributed by atoms with Crippen LogP contribution in [0.2, 0.25) is 0 Å². The van der Waals surface area contributed by atoms with E-state index in [9.17, 15) is 0 Å². The first-order valence-corrected chi connectivity index (χ1v) is 5.49. The Morgan fingerprint density at radius 3 is 2.71 bits per heavy atom. The van der Waals surface area contributed by atoms with Gasteiger partial charge in [0.1, 0.15) is 0 Å². The van der Waals surface area contributed by atoms with Crippen LogP contribution >= 0.6 is 0 Å². The van der Waals surface area contributed by atoms with Gasteiger partial charge in [-0.15, -0.1) is 0 Å². The zero-order valence-corrected chi connectivity index (χ0v) is 9.51. The van der Waals surface area contributed by atoms with E-state index in [4.69, 9.17) is 0 Å². The molecule has 0 aliphatic heterocycles. The average molecular weight is 191 g/mol. The van der Waals surface area contributed by atoms with Crippen LogP contribution in [0, 0.1) is 6.92 Å². The van der Waals surface area contributed by atoms with Gasteiger partial charge >= 0.3 is 0 Å². The van der Waals surface area contributed by atoms with Crippen molar-refractivity contribution in [2.24, 2.45) is 0 Å². The molecule has 14 heavy (non-hydrogen) atoms. The highest BCUT2D eigenvalue weighted by Crippen LogP contribution is 2.09. The predicted molar refractivity (Wildman–Crippen MR) is 62.6 cm³/mol. The summed E-state index contributed by atoms with van der Waals surface area (Å²) in [4.78, 5) is 0. The van der Waals surface area contributed by atoms with Crippen molar-refractivity contribution < 1.29 is 0 Å². The maximum atomic E-state index is 3.37. The van der Waals surface area contributed by atoms with E-state index in [1.807, 2.05) is 0 Å². The lowest BCUT2D eigenvalue weighted by Gasteiger charge is -2.15. The molecule has 1 heteroatoms. The molecule has 0 saturated carbocycles. The molecule has 1 aromatic carbocycles. The lowest BCUT2D eigenvalue weighted by Crippen LogP contribution is -2.27. The Morgan fingerprint density at radius 2 is 2.14 bits per heavy atom. The molecule has 0 aromatic heterocycles. The van der Waals surface area contributed by atoms with Crippen LogP contribution in [0.4, 0.5) is 0 Å². The van der Waals surface area contributed by atoms with E-state index in [0.29, 0.717) is 6.04 Å². The van der Waals surface area contributed by atoms with Gasteiger partial charge in [0.05, 0.1) is 0 Å². The summed E-state index contributed by atoms with van der Waals surface area (Å²) in [5.74, 6) is 0. The van der Waals surface area contributed by atoms with Crippen LogP contribution in [0.1, 0.15) is 30.9 Å². The van der Waals surface area contributed by atoms with Crippen LogP contribution in [0.15, 0.2) is 24.3 Å². The van der Waals surface area contributed by atoms with Crippen LogP contribution < -0.4 is 5.32 Å². The number of nitrogens with one attached hydrogen (secondary N) is 1. The molecule has 0 aliphatic rings. The Morgan fingerprint density at radius 1 is 1.36 bits per heavy atom. The van der Waals surface area contributed by atoms with Crippen LogP contribution in [-0.4, -0.2) is 13.1 Å². The van der Waals surface area contributed by atoms with Crippen molar-refractivity contribution in [3.05, 3.63) is 35.4 Å². The van der Waals surface area contributed by atoms with Gasteiger partial charge in [-0.2, -0.15) is 0 Å². The second-order valence-corrected chi connectivity index (χ2v) is 3.97. The highest BCUT2D eigenvalue weighted by atomic mass is 14.9. The van der Waals surface area contributed by atoms with Gasteiger partial charge in [-0.25, -0.2) is 0 Å². The molecule has 0 heterocycles. The summed E-state index contributed by atoms with van der Waals surface area (Å²) < 4.78 is 0. The minimum Gasteiger partial charge on any atom is -0.317 e. The monoisotopic (exact) mass is 191 g/mol. The fraction of sp³-hybridized carbons (Fsp3) is 0.538. The summed E-state index contributed by atoms with van der Waals surface area (Å²) in [6, 6.07) is 9.41. The number of benzene rings is 1. The summed E-state index contributed by atoms with van der Waals surface area (Å²) in [6.07, 6.45) is 3.65. The van der Waals surface area contributed by atoms with Crippen molar-refractivity contribution in [1.82, 2.24) is 5.32 Å². The second-order valence-electron chi connectivity index (χ2n) is 3.97. The molecule has 0 spiro atoms. The maximum Gasteiger partial charge on any atom is 0.0104 e. The highest BCUT2D eigenvalue weighted by molar-refractivity contribution is 5.22. The lowest BCUT2D eigenvalue weighted by molar-refractivity contribution is 0.514. The molecular weight excluding hydrogens is 170 g/mol. The van der Waals surface area contributed by atoms with E-state index >= 15 is 0 Å². The molecule has 1 aromatic rings. The van der Waals surface area contributed by atoms with Gasteiger partial charge in [0.15, 0.2) is 0 Å². The van der Waals surface area contributed by atoms with Crippen LogP contribution in [0.25, 0.3) is 0 Å². The van der Waals surface area contributed by atoms with Gasteiger partial charge in [0, 0.05) is 6.04 Å². The predicted octanol–water partition coefficient (Wildman–Crippen LogP) is 2.93. The third-order valence-corrected chi connectivity index (χ3v) is 2.61.